The van der Waals surface area contributed by atoms with Gasteiger partial charge in [-0.3, -0.25) is 0 Å². The number of unbranched alkanes of at least 4 members (excludes halogenated alkanes) is 1. The second-order valence-corrected chi connectivity index (χ2v) is 4.97. The quantitative estimate of drug-likeness (QED) is 0.635. The van der Waals surface area contributed by atoms with E-state index in [1.807, 2.05) is 0 Å². The lowest BCUT2D eigenvalue weighted by molar-refractivity contribution is -0.898. The first-order chi connectivity index (χ1) is 9.67. The fraction of sp³-hybridized carbons (Fsp3) is 0.562. The van der Waals surface area contributed by atoms with E-state index in [1.54, 1.807) is 17.0 Å². The highest BCUT2D eigenvalue weighted by molar-refractivity contribution is 5.86. The number of carbonyl (C=O) groups is 1. The monoisotopic (exact) mass is 279 g/mol. The van der Waals surface area contributed by atoms with E-state index in [0.717, 1.165) is 19.5 Å². The van der Waals surface area contributed by atoms with Crippen LogP contribution in [0.25, 0.3) is 0 Å². The zero-order valence-electron chi connectivity index (χ0n) is 12.5. The number of rotatable bonds is 10. The fourth-order valence-electron chi connectivity index (χ4n) is 2.13. The average Bonchev–Trinajstić information content (AvgIpc) is 2.47. The Kier molecular flexibility index (Phi) is 7.73. The third kappa shape index (κ3) is 6.06. The van der Waals surface area contributed by atoms with Gasteiger partial charge in [-0.1, -0.05) is 25.5 Å². The van der Waals surface area contributed by atoms with Gasteiger partial charge >= 0.3 is 0 Å². The van der Waals surface area contributed by atoms with Crippen LogP contribution in [0.4, 0.5) is 0 Å². The predicted molar refractivity (Wildman–Crippen MR) is 77.0 cm³/mol. The topological polar surface area (TPSA) is 53.8 Å². The van der Waals surface area contributed by atoms with Crippen LogP contribution >= 0.6 is 0 Å². The molecule has 0 bridgehead atoms. The minimum atomic E-state index is -1.17. The molecule has 0 heterocycles. The Morgan fingerprint density at radius 3 is 2.65 bits per heavy atom. The van der Waals surface area contributed by atoms with E-state index in [9.17, 15) is 9.90 Å². The van der Waals surface area contributed by atoms with Crippen LogP contribution in [0.2, 0.25) is 0 Å². The van der Waals surface area contributed by atoms with E-state index >= 15 is 0 Å². The molecule has 0 aromatic heterocycles. The van der Waals surface area contributed by atoms with Crippen LogP contribution in [-0.2, 0) is 0 Å². The van der Waals surface area contributed by atoms with Crippen LogP contribution in [0.1, 0.15) is 43.5 Å². The molecule has 1 aromatic carbocycles. The van der Waals surface area contributed by atoms with Gasteiger partial charge in [-0.25, -0.2) is 0 Å². The number of quaternary nitrogens is 1. The minimum absolute atomic E-state index is 0.159. The molecule has 1 atom stereocenters. The van der Waals surface area contributed by atoms with Gasteiger partial charge in [-0.05, 0) is 25.5 Å². The maximum absolute atomic E-state index is 10.7. The summed E-state index contributed by atoms with van der Waals surface area (Å²) in [5.74, 6) is -0.574. The summed E-state index contributed by atoms with van der Waals surface area (Å²) in [6.07, 6.45) is 3.47. The molecular weight excluding hydrogens is 254 g/mol. The zero-order chi connectivity index (χ0) is 14.8. The fourth-order valence-corrected chi connectivity index (χ4v) is 2.13. The molecule has 0 saturated carbocycles. The van der Waals surface area contributed by atoms with Crippen molar-refractivity contribution in [1.29, 1.82) is 0 Å². The van der Waals surface area contributed by atoms with Crippen molar-refractivity contribution in [2.24, 2.45) is 0 Å². The van der Waals surface area contributed by atoms with E-state index in [1.165, 1.54) is 31.5 Å². The van der Waals surface area contributed by atoms with E-state index < -0.39 is 5.97 Å². The average molecular weight is 279 g/mol. The van der Waals surface area contributed by atoms with Gasteiger partial charge in [0.25, 0.3) is 0 Å². The summed E-state index contributed by atoms with van der Waals surface area (Å²) in [4.78, 5) is 12.3. The molecule has 4 heteroatoms. The molecule has 0 aliphatic carbocycles. The van der Waals surface area contributed by atoms with Crippen molar-refractivity contribution < 1.29 is 19.5 Å². The van der Waals surface area contributed by atoms with Crippen molar-refractivity contribution in [1.82, 2.24) is 0 Å². The van der Waals surface area contributed by atoms with Crippen molar-refractivity contribution in [2.75, 3.05) is 26.2 Å². The lowest BCUT2D eigenvalue weighted by atomic mass is 10.2. The molecule has 1 unspecified atom stereocenters. The lowest BCUT2D eigenvalue weighted by Crippen LogP contribution is -3.11. The van der Waals surface area contributed by atoms with Crippen LogP contribution in [0.3, 0.4) is 0 Å². The SMILES string of the molecule is CCCC[NH+](CC)CCCOc1cccc(C(=O)[O-])c1. The van der Waals surface area contributed by atoms with Crippen molar-refractivity contribution in [2.45, 2.75) is 33.1 Å². The highest BCUT2D eigenvalue weighted by Gasteiger charge is 2.05. The Bertz CT molecular complexity index is 406. The normalized spacial score (nSPS) is 12.1. The molecule has 1 N–H and O–H groups in total. The maximum Gasteiger partial charge on any atom is 0.119 e. The third-order valence-corrected chi connectivity index (χ3v) is 3.40. The summed E-state index contributed by atoms with van der Waals surface area (Å²) in [5.41, 5.74) is 0.159. The summed E-state index contributed by atoms with van der Waals surface area (Å²) >= 11 is 0. The molecule has 1 rings (SSSR count). The summed E-state index contributed by atoms with van der Waals surface area (Å²) < 4.78 is 5.59. The number of benzene rings is 1. The summed E-state index contributed by atoms with van der Waals surface area (Å²) in [5, 5.41) is 10.7. The largest absolute Gasteiger partial charge is 0.545 e. The number of carboxylic acids is 1. The highest BCUT2D eigenvalue weighted by Crippen LogP contribution is 2.12. The van der Waals surface area contributed by atoms with Gasteiger partial charge in [-0.15, -0.1) is 0 Å². The Balaban J connectivity index is 2.29. The zero-order valence-corrected chi connectivity index (χ0v) is 12.5. The number of carbonyl (C=O) groups excluding carboxylic acids is 1. The van der Waals surface area contributed by atoms with E-state index in [0.29, 0.717) is 12.4 Å². The standard InChI is InChI=1S/C16H25NO3/c1-3-5-10-17(4-2)11-7-12-20-15-9-6-8-14(13-15)16(18)19/h6,8-9,13H,3-5,7,10-12H2,1-2H3,(H,18,19). The predicted octanol–water partition coefficient (Wildman–Crippen LogP) is 0.524. The molecule has 4 nitrogen and oxygen atoms in total. The molecule has 0 amide bonds. The molecule has 0 saturated heterocycles. The molecule has 0 fully saturated rings. The Hall–Kier alpha value is -1.55. The Labute approximate surface area is 121 Å². The maximum atomic E-state index is 10.7. The first kappa shape index (κ1) is 16.5. The van der Waals surface area contributed by atoms with Gasteiger partial charge in [0, 0.05) is 12.0 Å². The van der Waals surface area contributed by atoms with Gasteiger partial charge < -0.3 is 19.5 Å². The number of hydrogen-bond acceptors (Lipinski definition) is 3. The summed E-state index contributed by atoms with van der Waals surface area (Å²) in [6.45, 7) is 8.48. The van der Waals surface area contributed by atoms with Crippen molar-refractivity contribution >= 4 is 5.97 Å². The number of carboxylic acid groups (broad SMARTS) is 1. The smallest absolute Gasteiger partial charge is 0.119 e. The van der Waals surface area contributed by atoms with Crippen LogP contribution in [-0.4, -0.2) is 32.2 Å². The third-order valence-electron chi connectivity index (χ3n) is 3.40. The molecule has 20 heavy (non-hydrogen) atoms. The van der Waals surface area contributed by atoms with Crippen LogP contribution in [0.15, 0.2) is 24.3 Å². The molecule has 0 aliphatic heterocycles. The van der Waals surface area contributed by atoms with Crippen molar-refractivity contribution in [3.8, 4) is 5.75 Å². The van der Waals surface area contributed by atoms with Gasteiger partial charge in [-0.2, -0.15) is 0 Å². The Morgan fingerprint density at radius 1 is 1.25 bits per heavy atom. The highest BCUT2D eigenvalue weighted by atomic mass is 16.5. The van der Waals surface area contributed by atoms with Gasteiger partial charge in [0.05, 0.1) is 32.2 Å². The molecule has 112 valence electrons. The number of nitrogens with one attached hydrogen (secondary N) is 1. The number of aromatic carboxylic acids is 1. The number of hydrogen-bond donors (Lipinski definition) is 1. The molecular formula is C16H25NO3. The van der Waals surface area contributed by atoms with E-state index in [-0.39, 0.29) is 5.56 Å². The lowest BCUT2D eigenvalue weighted by Gasteiger charge is -2.17. The minimum Gasteiger partial charge on any atom is -0.545 e. The second-order valence-electron chi connectivity index (χ2n) is 4.97. The Morgan fingerprint density at radius 2 is 2.00 bits per heavy atom. The summed E-state index contributed by atoms with van der Waals surface area (Å²) in [6, 6.07) is 6.46. The van der Waals surface area contributed by atoms with Crippen molar-refractivity contribution in [3.05, 3.63) is 29.8 Å². The number of ether oxygens (including phenoxy) is 1. The first-order valence-corrected chi connectivity index (χ1v) is 7.45. The van der Waals surface area contributed by atoms with Crippen molar-refractivity contribution in [3.63, 3.8) is 0 Å². The molecule has 0 aliphatic rings. The second kappa shape index (κ2) is 9.37. The summed E-state index contributed by atoms with van der Waals surface area (Å²) in [7, 11) is 0. The van der Waals surface area contributed by atoms with Crippen LogP contribution < -0.4 is 14.7 Å². The molecule has 0 spiro atoms. The molecule has 1 aromatic rings. The van der Waals surface area contributed by atoms with E-state index in [4.69, 9.17) is 4.74 Å². The first-order valence-electron chi connectivity index (χ1n) is 7.45. The van der Waals surface area contributed by atoms with Gasteiger partial charge in [0.2, 0.25) is 0 Å². The molecule has 0 radical (unpaired) electrons. The van der Waals surface area contributed by atoms with Crippen LogP contribution in [0, 0.1) is 0 Å². The van der Waals surface area contributed by atoms with Crippen LogP contribution in [0.5, 0.6) is 5.75 Å². The van der Waals surface area contributed by atoms with E-state index in [2.05, 4.69) is 13.8 Å². The van der Waals surface area contributed by atoms with Gasteiger partial charge in [0.15, 0.2) is 0 Å². The van der Waals surface area contributed by atoms with Gasteiger partial charge in [0.1, 0.15) is 5.75 Å².